The summed E-state index contributed by atoms with van der Waals surface area (Å²) in [4.78, 5) is 20.7. The molecule has 2 fully saturated rings. The topological polar surface area (TPSA) is 36.4 Å². The van der Waals surface area contributed by atoms with Crippen LogP contribution in [-0.4, -0.2) is 35.4 Å². The van der Waals surface area contributed by atoms with Gasteiger partial charge in [0.05, 0.1) is 6.04 Å². The monoisotopic (exact) mass is 287 g/mol. The number of pyridine rings is 1. The lowest BCUT2D eigenvalue weighted by Gasteiger charge is -2.25. The number of hydrogen-bond donors (Lipinski definition) is 0. The highest BCUT2D eigenvalue weighted by atomic mass is 16.2. The molecule has 3 heterocycles. The van der Waals surface area contributed by atoms with Crippen molar-refractivity contribution in [3.05, 3.63) is 23.9 Å². The summed E-state index contributed by atoms with van der Waals surface area (Å²) in [5.41, 5.74) is 1.18. The summed E-state index contributed by atoms with van der Waals surface area (Å²) >= 11 is 0. The lowest BCUT2D eigenvalue weighted by atomic mass is 10.1. The molecule has 0 bridgehead atoms. The van der Waals surface area contributed by atoms with Gasteiger partial charge in [0.1, 0.15) is 5.82 Å². The van der Waals surface area contributed by atoms with E-state index in [-0.39, 0.29) is 11.9 Å². The summed E-state index contributed by atoms with van der Waals surface area (Å²) < 4.78 is 0. The average molecular weight is 287 g/mol. The molecule has 1 aromatic rings. The molecule has 0 radical (unpaired) electrons. The van der Waals surface area contributed by atoms with E-state index in [1.54, 1.807) is 6.92 Å². The van der Waals surface area contributed by atoms with Gasteiger partial charge in [-0.15, -0.1) is 0 Å². The standard InChI is InChI=1S/C17H25N3O/c1-14(21)20-12-6-7-16(20)15-8-9-17(18-13-15)19-10-4-2-3-5-11-19/h8-9,13,16H,2-7,10-12H2,1H3. The van der Waals surface area contributed by atoms with Crippen molar-refractivity contribution in [3.63, 3.8) is 0 Å². The van der Waals surface area contributed by atoms with E-state index in [1.165, 1.54) is 31.2 Å². The van der Waals surface area contributed by atoms with Gasteiger partial charge in [0, 0.05) is 32.8 Å². The third-order valence-electron chi connectivity index (χ3n) is 4.74. The van der Waals surface area contributed by atoms with Crippen molar-refractivity contribution in [2.75, 3.05) is 24.5 Å². The van der Waals surface area contributed by atoms with Gasteiger partial charge in [-0.05, 0) is 37.3 Å². The van der Waals surface area contributed by atoms with Crippen LogP contribution in [0.3, 0.4) is 0 Å². The second-order valence-electron chi connectivity index (χ2n) is 6.22. The van der Waals surface area contributed by atoms with Crippen LogP contribution in [0.4, 0.5) is 5.82 Å². The highest BCUT2D eigenvalue weighted by Crippen LogP contribution is 2.32. The number of anilines is 1. The van der Waals surface area contributed by atoms with E-state index in [2.05, 4.69) is 22.0 Å². The first kappa shape index (κ1) is 14.4. The Labute approximate surface area is 127 Å². The average Bonchev–Trinajstić information content (AvgIpc) is 2.83. The van der Waals surface area contributed by atoms with Crippen LogP contribution < -0.4 is 4.90 Å². The summed E-state index contributed by atoms with van der Waals surface area (Å²) in [5, 5.41) is 0. The summed E-state index contributed by atoms with van der Waals surface area (Å²) in [7, 11) is 0. The second kappa shape index (κ2) is 6.46. The van der Waals surface area contributed by atoms with Gasteiger partial charge in [0.15, 0.2) is 0 Å². The van der Waals surface area contributed by atoms with Gasteiger partial charge in [0.2, 0.25) is 5.91 Å². The fraction of sp³-hybridized carbons (Fsp3) is 0.647. The molecule has 0 aliphatic carbocycles. The Morgan fingerprint density at radius 1 is 1.10 bits per heavy atom. The van der Waals surface area contributed by atoms with Crippen LogP contribution in [0.25, 0.3) is 0 Å². The highest BCUT2D eigenvalue weighted by Gasteiger charge is 2.28. The molecule has 1 aromatic heterocycles. The molecule has 21 heavy (non-hydrogen) atoms. The maximum Gasteiger partial charge on any atom is 0.219 e. The van der Waals surface area contributed by atoms with Crippen LogP contribution in [0.2, 0.25) is 0 Å². The maximum absolute atomic E-state index is 11.7. The maximum atomic E-state index is 11.7. The molecule has 0 N–H and O–H groups in total. The minimum absolute atomic E-state index is 0.175. The van der Waals surface area contributed by atoms with Crippen molar-refractivity contribution in [3.8, 4) is 0 Å². The van der Waals surface area contributed by atoms with Gasteiger partial charge in [-0.3, -0.25) is 4.79 Å². The van der Waals surface area contributed by atoms with Crippen molar-refractivity contribution in [1.29, 1.82) is 0 Å². The van der Waals surface area contributed by atoms with Crippen LogP contribution in [0.5, 0.6) is 0 Å². The van der Waals surface area contributed by atoms with Gasteiger partial charge < -0.3 is 9.80 Å². The number of aromatic nitrogens is 1. The summed E-state index contributed by atoms with van der Waals surface area (Å²) in [6.07, 6.45) is 9.34. The molecule has 2 saturated heterocycles. The number of likely N-dealkylation sites (tertiary alicyclic amines) is 1. The first-order chi connectivity index (χ1) is 10.3. The molecule has 1 atom stereocenters. The zero-order chi connectivity index (χ0) is 14.7. The largest absolute Gasteiger partial charge is 0.357 e. The molecule has 0 saturated carbocycles. The molecule has 4 heteroatoms. The van der Waals surface area contributed by atoms with Crippen molar-refractivity contribution >= 4 is 11.7 Å². The molecule has 3 rings (SSSR count). The van der Waals surface area contributed by atoms with E-state index in [9.17, 15) is 4.79 Å². The number of amides is 1. The zero-order valence-corrected chi connectivity index (χ0v) is 12.9. The Kier molecular flexibility index (Phi) is 4.42. The molecule has 2 aliphatic rings. The highest BCUT2D eigenvalue weighted by molar-refractivity contribution is 5.74. The number of carbonyl (C=O) groups excluding carboxylic acids is 1. The minimum Gasteiger partial charge on any atom is -0.357 e. The normalized spacial score (nSPS) is 23.2. The van der Waals surface area contributed by atoms with Gasteiger partial charge in [0.25, 0.3) is 0 Å². The zero-order valence-electron chi connectivity index (χ0n) is 12.9. The SMILES string of the molecule is CC(=O)N1CCCC1c1ccc(N2CCCCCC2)nc1. The third kappa shape index (κ3) is 3.20. The predicted octanol–water partition coefficient (Wildman–Crippen LogP) is 3.15. The van der Waals surface area contributed by atoms with Crippen LogP contribution >= 0.6 is 0 Å². The van der Waals surface area contributed by atoms with Crippen molar-refractivity contribution in [1.82, 2.24) is 9.88 Å². The van der Waals surface area contributed by atoms with E-state index < -0.39 is 0 Å². The van der Waals surface area contributed by atoms with E-state index >= 15 is 0 Å². The number of carbonyl (C=O) groups is 1. The van der Waals surface area contributed by atoms with Crippen LogP contribution in [0.1, 0.15) is 57.1 Å². The Hall–Kier alpha value is -1.58. The van der Waals surface area contributed by atoms with Gasteiger partial charge >= 0.3 is 0 Å². The van der Waals surface area contributed by atoms with Crippen molar-refractivity contribution in [2.24, 2.45) is 0 Å². The fourth-order valence-electron chi connectivity index (χ4n) is 3.57. The lowest BCUT2D eigenvalue weighted by molar-refractivity contribution is -0.129. The number of rotatable bonds is 2. The summed E-state index contributed by atoms with van der Waals surface area (Å²) in [5.74, 6) is 1.27. The minimum atomic E-state index is 0.175. The lowest BCUT2D eigenvalue weighted by Crippen LogP contribution is -2.28. The van der Waals surface area contributed by atoms with Crippen molar-refractivity contribution < 1.29 is 4.79 Å². The molecule has 1 amide bonds. The number of nitrogens with zero attached hydrogens (tertiary/aromatic N) is 3. The molecule has 0 aromatic carbocycles. The summed E-state index contributed by atoms with van der Waals surface area (Å²) in [6.45, 7) is 4.79. The van der Waals surface area contributed by atoms with Gasteiger partial charge in [-0.25, -0.2) is 4.98 Å². The predicted molar refractivity (Wildman–Crippen MR) is 84.3 cm³/mol. The Morgan fingerprint density at radius 3 is 2.48 bits per heavy atom. The Balaban J connectivity index is 1.72. The van der Waals surface area contributed by atoms with E-state index in [4.69, 9.17) is 0 Å². The molecular formula is C17H25N3O. The number of hydrogen-bond acceptors (Lipinski definition) is 3. The fourth-order valence-corrected chi connectivity index (χ4v) is 3.57. The molecule has 2 aliphatic heterocycles. The van der Waals surface area contributed by atoms with Crippen LogP contribution in [0, 0.1) is 0 Å². The van der Waals surface area contributed by atoms with Crippen LogP contribution in [-0.2, 0) is 4.79 Å². The van der Waals surface area contributed by atoms with Crippen molar-refractivity contribution in [2.45, 2.75) is 51.5 Å². The first-order valence-electron chi connectivity index (χ1n) is 8.24. The molecule has 114 valence electrons. The molecular weight excluding hydrogens is 262 g/mol. The molecule has 4 nitrogen and oxygen atoms in total. The van der Waals surface area contributed by atoms with E-state index in [0.717, 1.165) is 38.3 Å². The van der Waals surface area contributed by atoms with E-state index in [0.29, 0.717) is 0 Å². The third-order valence-corrected chi connectivity index (χ3v) is 4.74. The Bertz CT molecular complexity index is 477. The second-order valence-corrected chi connectivity index (χ2v) is 6.22. The Morgan fingerprint density at radius 2 is 1.86 bits per heavy atom. The van der Waals surface area contributed by atoms with Gasteiger partial charge in [-0.1, -0.05) is 18.9 Å². The first-order valence-corrected chi connectivity index (χ1v) is 8.24. The molecule has 0 spiro atoms. The van der Waals surface area contributed by atoms with E-state index in [1.807, 2.05) is 11.1 Å². The van der Waals surface area contributed by atoms with Gasteiger partial charge in [-0.2, -0.15) is 0 Å². The van der Waals surface area contributed by atoms with Crippen LogP contribution in [0.15, 0.2) is 18.3 Å². The quantitative estimate of drug-likeness (QED) is 0.838. The summed E-state index contributed by atoms with van der Waals surface area (Å²) in [6, 6.07) is 4.53. The smallest absolute Gasteiger partial charge is 0.219 e. The molecule has 1 unspecified atom stereocenters.